The lowest BCUT2D eigenvalue weighted by Gasteiger charge is -2.22. The zero-order valence-electron chi connectivity index (χ0n) is 14.2. The van der Waals surface area contributed by atoms with Crippen molar-refractivity contribution in [3.05, 3.63) is 48.3 Å². The molecule has 2 amide bonds. The molecule has 6 nitrogen and oxygen atoms in total. The van der Waals surface area contributed by atoms with E-state index in [-0.39, 0.29) is 17.9 Å². The number of rotatable bonds is 5. The van der Waals surface area contributed by atoms with E-state index in [2.05, 4.69) is 27.1 Å². The largest absolute Gasteiger partial charge is 0.356 e. The standard InChI is InChI=1S/C19H22N4O2/c1-2-23-13-16(22-19(23)14-6-4-3-5-7-14)8-9-17(24)21-15-10-11-20-18(25)12-15/h3-9,13,15H,2,10-12H2,1H3,(H,20,25)(H,21,24). The molecule has 25 heavy (non-hydrogen) atoms. The maximum atomic E-state index is 12.1. The molecule has 1 unspecified atom stereocenters. The number of hydrogen-bond donors (Lipinski definition) is 2. The van der Waals surface area contributed by atoms with Crippen molar-refractivity contribution in [2.24, 2.45) is 0 Å². The normalized spacial score (nSPS) is 17.5. The lowest BCUT2D eigenvalue weighted by Crippen LogP contribution is -2.45. The minimum Gasteiger partial charge on any atom is -0.356 e. The fourth-order valence-electron chi connectivity index (χ4n) is 2.89. The average Bonchev–Trinajstić information content (AvgIpc) is 3.04. The monoisotopic (exact) mass is 338 g/mol. The second kappa shape index (κ2) is 7.79. The minimum absolute atomic E-state index is 0.0188. The quantitative estimate of drug-likeness (QED) is 0.819. The number of nitrogens with one attached hydrogen (secondary N) is 2. The van der Waals surface area contributed by atoms with Crippen molar-refractivity contribution in [2.45, 2.75) is 32.4 Å². The average molecular weight is 338 g/mol. The Kier molecular flexibility index (Phi) is 5.28. The molecule has 0 spiro atoms. The highest BCUT2D eigenvalue weighted by molar-refractivity contribution is 5.92. The van der Waals surface area contributed by atoms with E-state index in [0.29, 0.717) is 13.0 Å². The second-order valence-corrected chi connectivity index (χ2v) is 6.02. The first-order valence-electron chi connectivity index (χ1n) is 8.53. The number of imidazole rings is 1. The molecule has 1 fully saturated rings. The van der Waals surface area contributed by atoms with E-state index in [9.17, 15) is 9.59 Å². The third-order valence-corrected chi connectivity index (χ3v) is 4.17. The molecule has 1 aromatic carbocycles. The first kappa shape index (κ1) is 17.0. The molecule has 0 bridgehead atoms. The van der Waals surface area contributed by atoms with E-state index in [1.807, 2.05) is 36.5 Å². The maximum absolute atomic E-state index is 12.1. The van der Waals surface area contributed by atoms with Crippen LogP contribution < -0.4 is 10.6 Å². The van der Waals surface area contributed by atoms with Gasteiger partial charge in [0.05, 0.1) is 5.69 Å². The van der Waals surface area contributed by atoms with Gasteiger partial charge in [0.2, 0.25) is 11.8 Å². The summed E-state index contributed by atoms with van der Waals surface area (Å²) in [5.41, 5.74) is 1.78. The molecule has 2 heterocycles. The number of aryl methyl sites for hydroxylation is 1. The second-order valence-electron chi connectivity index (χ2n) is 6.02. The smallest absolute Gasteiger partial charge is 0.244 e. The lowest BCUT2D eigenvalue weighted by atomic mass is 10.1. The molecule has 1 saturated heterocycles. The topological polar surface area (TPSA) is 76.0 Å². The third-order valence-electron chi connectivity index (χ3n) is 4.17. The summed E-state index contributed by atoms with van der Waals surface area (Å²) in [4.78, 5) is 28.0. The van der Waals surface area contributed by atoms with Gasteiger partial charge in [-0.1, -0.05) is 30.3 Å². The molecule has 1 aliphatic rings. The lowest BCUT2D eigenvalue weighted by molar-refractivity contribution is -0.123. The van der Waals surface area contributed by atoms with Gasteiger partial charge in [0.1, 0.15) is 5.82 Å². The summed E-state index contributed by atoms with van der Waals surface area (Å²) in [6.45, 7) is 3.46. The molecule has 0 aliphatic carbocycles. The van der Waals surface area contributed by atoms with Gasteiger partial charge in [-0.15, -0.1) is 0 Å². The molecule has 2 aromatic rings. The molecule has 1 aliphatic heterocycles. The van der Waals surface area contributed by atoms with Gasteiger partial charge in [-0.05, 0) is 19.4 Å². The van der Waals surface area contributed by atoms with Crippen LogP contribution in [0.15, 0.2) is 42.6 Å². The van der Waals surface area contributed by atoms with Crippen molar-refractivity contribution < 1.29 is 9.59 Å². The van der Waals surface area contributed by atoms with Crippen molar-refractivity contribution in [1.29, 1.82) is 0 Å². The van der Waals surface area contributed by atoms with Crippen LogP contribution in [0.5, 0.6) is 0 Å². The summed E-state index contributed by atoms with van der Waals surface area (Å²) in [5.74, 6) is 0.661. The van der Waals surface area contributed by atoms with Crippen LogP contribution in [0.1, 0.15) is 25.5 Å². The van der Waals surface area contributed by atoms with Crippen molar-refractivity contribution >= 4 is 17.9 Å². The summed E-state index contributed by atoms with van der Waals surface area (Å²) >= 11 is 0. The predicted molar refractivity (Wildman–Crippen MR) is 96.5 cm³/mol. The van der Waals surface area contributed by atoms with Crippen LogP contribution in [0.4, 0.5) is 0 Å². The molecular weight excluding hydrogens is 316 g/mol. The highest BCUT2D eigenvalue weighted by atomic mass is 16.2. The molecule has 1 aromatic heterocycles. The zero-order valence-corrected chi connectivity index (χ0v) is 14.2. The summed E-state index contributed by atoms with van der Waals surface area (Å²) in [7, 11) is 0. The van der Waals surface area contributed by atoms with E-state index in [4.69, 9.17) is 0 Å². The van der Waals surface area contributed by atoms with Crippen molar-refractivity contribution in [3.8, 4) is 11.4 Å². The van der Waals surface area contributed by atoms with Gasteiger partial charge in [-0.3, -0.25) is 9.59 Å². The SMILES string of the molecule is CCn1cc(C=CC(=O)NC2CCNC(=O)C2)nc1-c1ccccc1. The van der Waals surface area contributed by atoms with E-state index in [0.717, 1.165) is 30.0 Å². The first-order chi connectivity index (χ1) is 12.2. The molecule has 0 saturated carbocycles. The maximum Gasteiger partial charge on any atom is 0.244 e. The number of benzene rings is 1. The van der Waals surface area contributed by atoms with Gasteiger partial charge in [-0.25, -0.2) is 4.98 Å². The van der Waals surface area contributed by atoms with Crippen LogP contribution in [-0.4, -0.2) is 34.0 Å². The van der Waals surface area contributed by atoms with Crippen molar-refractivity contribution in [3.63, 3.8) is 0 Å². The Bertz CT molecular complexity index is 780. The van der Waals surface area contributed by atoms with Crippen LogP contribution in [0.25, 0.3) is 17.5 Å². The van der Waals surface area contributed by atoms with Crippen LogP contribution >= 0.6 is 0 Å². The summed E-state index contributed by atoms with van der Waals surface area (Å²) in [5, 5.41) is 5.62. The number of carbonyl (C=O) groups is 2. The fraction of sp³-hybridized carbons (Fsp3) is 0.316. The molecular formula is C19H22N4O2. The van der Waals surface area contributed by atoms with Gasteiger partial charge in [0, 0.05) is 43.4 Å². The molecule has 3 rings (SSSR count). The highest BCUT2D eigenvalue weighted by Gasteiger charge is 2.19. The van der Waals surface area contributed by atoms with Crippen molar-refractivity contribution in [1.82, 2.24) is 20.2 Å². The van der Waals surface area contributed by atoms with E-state index in [1.54, 1.807) is 6.08 Å². The molecule has 1 atom stereocenters. The van der Waals surface area contributed by atoms with Crippen LogP contribution in [-0.2, 0) is 16.1 Å². The molecule has 6 heteroatoms. The number of aromatic nitrogens is 2. The number of hydrogen-bond acceptors (Lipinski definition) is 3. The third kappa shape index (κ3) is 4.35. The first-order valence-corrected chi connectivity index (χ1v) is 8.53. The highest BCUT2D eigenvalue weighted by Crippen LogP contribution is 2.19. The van der Waals surface area contributed by atoms with Gasteiger partial charge in [0.25, 0.3) is 0 Å². The molecule has 2 N–H and O–H groups in total. The Morgan fingerprint density at radius 2 is 2.20 bits per heavy atom. The van der Waals surface area contributed by atoms with Crippen LogP contribution in [0.2, 0.25) is 0 Å². The Labute approximate surface area is 147 Å². The minimum atomic E-state index is -0.202. The van der Waals surface area contributed by atoms with Crippen LogP contribution in [0, 0.1) is 0 Å². The fourth-order valence-corrected chi connectivity index (χ4v) is 2.89. The van der Waals surface area contributed by atoms with Gasteiger partial charge in [-0.2, -0.15) is 0 Å². The van der Waals surface area contributed by atoms with Gasteiger partial charge >= 0.3 is 0 Å². The van der Waals surface area contributed by atoms with E-state index in [1.165, 1.54) is 6.08 Å². The predicted octanol–water partition coefficient (Wildman–Crippen LogP) is 1.98. The summed E-state index contributed by atoms with van der Waals surface area (Å²) < 4.78 is 2.05. The number of piperidine rings is 1. The Hall–Kier alpha value is -2.89. The Morgan fingerprint density at radius 1 is 1.40 bits per heavy atom. The molecule has 0 radical (unpaired) electrons. The van der Waals surface area contributed by atoms with Gasteiger partial charge < -0.3 is 15.2 Å². The van der Waals surface area contributed by atoms with Gasteiger partial charge in [0.15, 0.2) is 0 Å². The Morgan fingerprint density at radius 3 is 2.92 bits per heavy atom. The number of amides is 2. The van der Waals surface area contributed by atoms with E-state index < -0.39 is 0 Å². The summed E-state index contributed by atoms with van der Waals surface area (Å²) in [6.07, 6.45) is 6.21. The number of nitrogens with zero attached hydrogens (tertiary/aromatic N) is 2. The molecule has 130 valence electrons. The number of carbonyl (C=O) groups excluding carboxylic acids is 2. The van der Waals surface area contributed by atoms with Crippen LogP contribution in [0.3, 0.4) is 0 Å². The Balaban J connectivity index is 1.68. The van der Waals surface area contributed by atoms with E-state index >= 15 is 0 Å². The van der Waals surface area contributed by atoms with Crippen molar-refractivity contribution in [2.75, 3.05) is 6.54 Å². The zero-order chi connectivity index (χ0) is 17.6. The summed E-state index contributed by atoms with van der Waals surface area (Å²) in [6, 6.07) is 9.87.